The Balaban J connectivity index is 0.574. The monoisotopic (exact) mass is 1770 g/mol. The molecule has 0 radical (unpaired) electrons. The highest BCUT2D eigenvalue weighted by molar-refractivity contribution is 6.08. The van der Waals surface area contributed by atoms with Crippen LogP contribution in [-0.4, -0.2) is 223 Å². The summed E-state index contributed by atoms with van der Waals surface area (Å²) in [5, 5.41) is 23.8. The number of morpholine rings is 1. The molecule has 32 nitrogen and oxygen atoms in total. The van der Waals surface area contributed by atoms with E-state index in [0.717, 1.165) is 38.3 Å². The molecule has 8 aliphatic heterocycles. The van der Waals surface area contributed by atoms with Gasteiger partial charge in [-0.25, -0.2) is 59.8 Å². The molecule has 4 unspecified atom stereocenters. The fraction of sp³-hybridized carbons (Fsp3) is 0.529. The summed E-state index contributed by atoms with van der Waals surface area (Å²) in [5.74, 6) is -9.72. The Labute approximate surface area is 715 Å². The third-order valence-corrected chi connectivity index (χ3v) is 28.4. The molecule has 1 spiro atoms. The van der Waals surface area contributed by atoms with E-state index in [9.17, 15) is 51.5 Å². The summed E-state index contributed by atoms with van der Waals surface area (Å²) in [5.41, 5.74) is -4.61. The molecule has 10 aliphatic rings. The number of anilines is 5. The molecule has 2 saturated carbocycles. The number of imidazole rings is 2. The second-order valence-electron chi connectivity index (χ2n) is 36.0. The maximum atomic E-state index is 19.2. The minimum Gasteiger partial charge on any atom is -0.375 e. The van der Waals surface area contributed by atoms with Crippen LogP contribution in [0.25, 0.3) is 38.6 Å². The molecule has 6 amide bonds. The van der Waals surface area contributed by atoms with Gasteiger partial charge in [0, 0.05) is 115 Å². The molecule has 16 heterocycles. The number of benzene rings is 2. The second-order valence-corrected chi connectivity index (χ2v) is 36.0. The van der Waals surface area contributed by atoms with Crippen LogP contribution in [0.2, 0.25) is 0 Å². The van der Waals surface area contributed by atoms with Crippen molar-refractivity contribution in [2.24, 2.45) is 43.2 Å². The maximum Gasteiger partial charge on any atom is 0.433 e. The third-order valence-electron chi connectivity index (χ3n) is 28.4. The number of piperidine rings is 4. The van der Waals surface area contributed by atoms with Crippen molar-refractivity contribution >= 4 is 103 Å². The number of ether oxygens (including phenoxy) is 2. The molecule has 127 heavy (non-hydrogen) atoms. The van der Waals surface area contributed by atoms with Crippen LogP contribution in [0.5, 0.6) is 0 Å². The number of nitrogens with one attached hydrogen (secondary N) is 4. The van der Waals surface area contributed by atoms with Crippen LogP contribution in [0.3, 0.4) is 0 Å². The fourth-order valence-electron chi connectivity index (χ4n) is 21.7. The van der Waals surface area contributed by atoms with Gasteiger partial charge in [-0.1, -0.05) is 6.07 Å². The van der Waals surface area contributed by atoms with Gasteiger partial charge in [-0.05, 0) is 150 Å². The van der Waals surface area contributed by atoms with E-state index in [1.807, 2.05) is 0 Å². The van der Waals surface area contributed by atoms with Crippen LogP contribution in [0, 0.1) is 40.7 Å². The quantitative estimate of drug-likeness (QED) is 0.0408. The van der Waals surface area contributed by atoms with Gasteiger partial charge in [0.1, 0.15) is 63.4 Å². The summed E-state index contributed by atoms with van der Waals surface area (Å²) >= 11 is 0. The van der Waals surface area contributed by atoms with Crippen molar-refractivity contribution in [3.05, 3.63) is 141 Å². The summed E-state index contributed by atoms with van der Waals surface area (Å²) in [7, 11) is 2.75. The normalized spacial score (nSPS) is 26.6. The Morgan fingerprint density at radius 3 is 2.02 bits per heavy atom. The van der Waals surface area contributed by atoms with E-state index in [-0.39, 0.29) is 171 Å². The lowest BCUT2D eigenvalue weighted by molar-refractivity contribution is -0.183. The molecule has 2 aromatic carbocycles. The Morgan fingerprint density at radius 1 is 0.701 bits per heavy atom. The van der Waals surface area contributed by atoms with E-state index >= 15 is 30.7 Å². The fourth-order valence-corrected chi connectivity index (χ4v) is 21.7. The zero-order valence-electron chi connectivity index (χ0n) is 69.0. The van der Waals surface area contributed by atoms with Crippen LogP contribution in [0.4, 0.5) is 72.6 Å². The number of fused-ring (bicyclic) bond motifs is 6. The van der Waals surface area contributed by atoms with Crippen molar-refractivity contribution in [1.29, 1.82) is 0 Å². The topological polar surface area (TPSA) is 331 Å². The Bertz CT molecular complexity index is 6220. The van der Waals surface area contributed by atoms with Crippen LogP contribution in [-0.2, 0) is 48.9 Å². The summed E-state index contributed by atoms with van der Waals surface area (Å²) in [4.78, 5) is 127. The van der Waals surface area contributed by atoms with Gasteiger partial charge in [-0.3, -0.25) is 76.8 Å². The largest absolute Gasteiger partial charge is 0.433 e. The lowest BCUT2D eigenvalue weighted by Crippen LogP contribution is -2.70. The average Bonchev–Trinajstić information content (AvgIpc) is 1.70. The molecule has 670 valence electrons. The number of aryl methyl sites for hydroxylation is 2. The predicted octanol–water partition coefficient (Wildman–Crippen LogP) is 9.21. The summed E-state index contributed by atoms with van der Waals surface area (Å²) in [6.45, 7) is 1.59. The molecular weight excluding hydrogens is 1680 g/mol. The first kappa shape index (κ1) is 83.6. The van der Waals surface area contributed by atoms with E-state index in [0.29, 0.717) is 81.5 Å². The Kier molecular flexibility index (Phi) is 21.0. The number of halogens is 10. The predicted molar refractivity (Wildman–Crippen MR) is 437 cm³/mol. The average molecular weight is 1770 g/mol. The molecule has 10 fully saturated rings. The molecule has 4 N–H and O–H groups in total. The molecule has 10 aromatic rings. The van der Waals surface area contributed by atoms with Gasteiger partial charge < -0.3 is 34.8 Å². The second kappa shape index (κ2) is 32.0. The number of nitrogens with zero attached hydrogens (tertiary/aromatic N) is 18. The smallest absolute Gasteiger partial charge is 0.375 e. The molecular formula is C85H90F10N22O10. The van der Waals surface area contributed by atoms with Crippen LogP contribution in [0.15, 0.2) is 95.2 Å². The minimum atomic E-state index is -4.83. The van der Waals surface area contributed by atoms with E-state index < -0.39 is 160 Å². The maximum absolute atomic E-state index is 19.2. The number of likely N-dealkylation sites (tertiary alicyclic amines) is 2. The highest BCUT2D eigenvalue weighted by Crippen LogP contribution is 2.54. The van der Waals surface area contributed by atoms with Crippen LogP contribution < -0.4 is 47.3 Å². The lowest BCUT2D eigenvalue weighted by atomic mass is 9.67. The molecule has 2 bridgehead atoms. The first-order chi connectivity index (χ1) is 60.9. The number of aromatic nitrogens is 13. The number of pyridine rings is 2. The molecule has 20 rings (SSSR count). The van der Waals surface area contributed by atoms with Gasteiger partial charge in [-0.2, -0.15) is 28.5 Å². The van der Waals surface area contributed by atoms with Gasteiger partial charge >= 0.3 is 17.6 Å². The number of hydrogen-bond donors (Lipinski definition) is 4. The van der Waals surface area contributed by atoms with Gasteiger partial charge in [0.25, 0.3) is 24.2 Å². The number of amides is 6. The zero-order valence-corrected chi connectivity index (χ0v) is 69.0. The molecule has 8 saturated heterocycles. The van der Waals surface area contributed by atoms with Crippen molar-refractivity contribution in [1.82, 2.24) is 82.8 Å². The highest BCUT2D eigenvalue weighted by Gasteiger charge is 2.63. The first-order valence-electron chi connectivity index (χ1n) is 43.1. The summed E-state index contributed by atoms with van der Waals surface area (Å²) in [6, 6.07) is 8.40. The van der Waals surface area contributed by atoms with Crippen LogP contribution >= 0.6 is 0 Å². The number of carbonyl (C=O) groups excluding carboxylic acids is 6. The number of alkyl halides is 8. The van der Waals surface area contributed by atoms with Crippen molar-refractivity contribution in [2.45, 2.75) is 163 Å². The van der Waals surface area contributed by atoms with E-state index in [1.54, 1.807) is 39.0 Å². The lowest BCUT2D eigenvalue weighted by Gasteiger charge is -2.58. The standard InChI is InChI=1S/C85H90F10N22O10/c1-106-73-58(116(81(106)124)60-16-18-66(118)102-79(60)122)14-12-56(68(73)86)110-32-44(33-110)38-127-62-20-23-109(31-43-6-9-47(10-7-43)115-37-55(71(105-115)75(89)90)99-77(120)52-29-97-113-24-21-65(101-76(52)113)112-36-50-27-49(112)39-126-50)72(70(62)88)51-28-48(114-35-46-26-64(96-30-54(46)104-114)100-78(121)53-4-3-5-63(98-53)85(93,94)95)11-8-45(51)34-108-25-22-83(84(91,92)42-108)40-111(41-83)57-13-15-59-74(69(57)87)107(2)82(125)117(59)61-17-19-67(119)103-80(61)123/h3-5,12-15,21,24,26,29-30,35,37,43-45,47-51,60-62,70,72,75H,6-11,16-20,22-23,25,27-28,31-34,36,38-42H2,1-2H3,(H,99,120)(H,100,121)(H,102,118,122)(H,103,119,123)/t43?,45-,47?,48+,49-,50-,51?,60?,61?,62+,70+,72?/m1/s1. The number of hydrogen-bond acceptors (Lipinski definition) is 21. The van der Waals surface area contributed by atoms with E-state index in [2.05, 4.69) is 51.2 Å². The number of carbonyl (C=O) groups is 6. The molecule has 8 aromatic heterocycles. The minimum absolute atomic E-state index is 0.00883. The van der Waals surface area contributed by atoms with Crippen molar-refractivity contribution < 1.29 is 82.1 Å². The Morgan fingerprint density at radius 2 is 1.38 bits per heavy atom. The number of rotatable bonds is 20. The summed E-state index contributed by atoms with van der Waals surface area (Å²) in [6.07, 6.45) is 1.10. The van der Waals surface area contributed by atoms with E-state index in [1.165, 1.54) is 75.6 Å². The molecule has 2 aliphatic carbocycles. The SMILES string of the molecule is Cn1c(=O)n(C2CCC(=O)NC2=O)c2ccc(N3CC(CO[C@H]4CCN(CC5CCC(n6cc(NC(=O)c7cnn8ccc(N9C[C@H]%10C[C@@H]9CO%10)nc78)c(C(F)F)n6)CC5)C(C5C[C@@H](n6cc7cc(NC(=O)c8cccc(C(F)(F)F)n8)ncc7n6)CC[C@@H]5CN5CCC6(CN(c7ccc8c(c7F)n(C)c(=O)n8C7CCC(=O)NC7=O)C6)C(F)(F)C5)[C@H]4F)C3)c(F)c21. The zero-order chi connectivity index (χ0) is 88.3. The van der Waals surface area contributed by atoms with Crippen molar-refractivity contribution in [2.75, 3.05) is 104 Å². The van der Waals surface area contributed by atoms with Gasteiger partial charge in [0.2, 0.25) is 23.6 Å². The molecule has 10 atom stereocenters. The summed E-state index contributed by atoms with van der Waals surface area (Å²) < 4.78 is 181. The third kappa shape index (κ3) is 14.9. The van der Waals surface area contributed by atoms with Gasteiger partial charge in [0.05, 0.1) is 96.0 Å². The Hall–Kier alpha value is -11.7. The molecule has 42 heteroatoms. The van der Waals surface area contributed by atoms with Crippen molar-refractivity contribution in [3.8, 4) is 0 Å². The first-order valence-corrected chi connectivity index (χ1v) is 43.1. The van der Waals surface area contributed by atoms with Crippen molar-refractivity contribution in [3.63, 3.8) is 0 Å². The van der Waals surface area contributed by atoms with Crippen LogP contribution in [0.1, 0.15) is 153 Å². The highest BCUT2D eigenvalue weighted by atomic mass is 19.4. The van der Waals surface area contributed by atoms with Gasteiger partial charge in [-0.15, -0.1) is 0 Å². The van der Waals surface area contributed by atoms with Gasteiger partial charge in [0.15, 0.2) is 23.0 Å². The van der Waals surface area contributed by atoms with E-state index in [4.69, 9.17) is 19.6 Å². The number of imide groups is 2.